The van der Waals surface area contributed by atoms with Gasteiger partial charge in [0.05, 0.1) is 0 Å². The molecule has 2 unspecified atom stereocenters. The molecule has 0 saturated heterocycles. The number of ether oxygens (including phenoxy) is 2. The number of hydrogen-bond donors (Lipinski definition) is 2. The fourth-order valence-electron chi connectivity index (χ4n) is 2.20. The molecule has 0 aromatic heterocycles. The zero-order chi connectivity index (χ0) is 19.5. The van der Waals surface area contributed by atoms with Crippen LogP contribution in [0.1, 0.15) is 23.2 Å². The standard InChI is InChI=1S/C16H14F6N2O2/c17-15(18,19)25-11-5-1-9(2-6-11)13(23)14(24)10-3-7-12(8-4-10)26-16(20,21)22/h1-8,13-14H,23-24H2. The second kappa shape index (κ2) is 7.42. The lowest BCUT2D eigenvalue weighted by molar-refractivity contribution is -0.275. The topological polar surface area (TPSA) is 70.5 Å². The molecule has 2 rings (SSSR count). The first-order chi connectivity index (χ1) is 11.9. The average molecular weight is 380 g/mol. The van der Waals surface area contributed by atoms with Gasteiger partial charge in [0.2, 0.25) is 0 Å². The predicted molar refractivity (Wildman–Crippen MR) is 80.1 cm³/mol. The van der Waals surface area contributed by atoms with Gasteiger partial charge >= 0.3 is 12.7 Å². The van der Waals surface area contributed by atoms with Gasteiger partial charge in [-0.15, -0.1) is 26.3 Å². The second-order valence-electron chi connectivity index (χ2n) is 5.29. The van der Waals surface area contributed by atoms with E-state index in [0.717, 1.165) is 24.3 Å². The zero-order valence-electron chi connectivity index (χ0n) is 13.0. The van der Waals surface area contributed by atoms with Gasteiger partial charge in [-0.05, 0) is 35.4 Å². The number of rotatable bonds is 5. The summed E-state index contributed by atoms with van der Waals surface area (Å²) < 4.78 is 80.3. The van der Waals surface area contributed by atoms with Crippen molar-refractivity contribution in [3.05, 3.63) is 59.7 Å². The molecular weight excluding hydrogens is 366 g/mol. The summed E-state index contributed by atoms with van der Waals surface area (Å²) in [5.41, 5.74) is 12.8. The van der Waals surface area contributed by atoms with E-state index in [1.807, 2.05) is 0 Å². The van der Waals surface area contributed by atoms with Crippen LogP contribution in [-0.4, -0.2) is 12.7 Å². The molecule has 0 spiro atoms. The van der Waals surface area contributed by atoms with Gasteiger partial charge in [-0.25, -0.2) is 0 Å². The van der Waals surface area contributed by atoms with Crippen LogP contribution in [0.15, 0.2) is 48.5 Å². The molecule has 26 heavy (non-hydrogen) atoms. The van der Waals surface area contributed by atoms with Crippen molar-refractivity contribution in [1.82, 2.24) is 0 Å². The Morgan fingerprint density at radius 2 is 0.846 bits per heavy atom. The molecule has 0 radical (unpaired) electrons. The van der Waals surface area contributed by atoms with Crippen LogP contribution in [0, 0.1) is 0 Å². The van der Waals surface area contributed by atoms with Crippen LogP contribution in [0.5, 0.6) is 11.5 Å². The highest BCUT2D eigenvalue weighted by Gasteiger charge is 2.32. The maximum Gasteiger partial charge on any atom is 0.573 e. The smallest absolute Gasteiger partial charge is 0.406 e. The normalized spacial score (nSPS) is 14.6. The molecule has 10 heteroatoms. The minimum atomic E-state index is -4.81. The van der Waals surface area contributed by atoms with Crippen LogP contribution in [0.25, 0.3) is 0 Å². The van der Waals surface area contributed by atoms with E-state index in [0.29, 0.717) is 11.1 Å². The first-order valence-electron chi connectivity index (χ1n) is 7.17. The average Bonchev–Trinajstić information content (AvgIpc) is 2.52. The van der Waals surface area contributed by atoms with E-state index in [2.05, 4.69) is 9.47 Å². The van der Waals surface area contributed by atoms with E-state index in [-0.39, 0.29) is 0 Å². The first kappa shape index (κ1) is 19.9. The summed E-state index contributed by atoms with van der Waals surface area (Å²) in [4.78, 5) is 0. The molecule has 0 fully saturated rings. The molecule has 0 saturated carbocycles. The zero-order valence-corrected chi connectivity index (χ0v) is 13.0. The van der Waals surface area contributed by atoms with E-state index in [9.17, 15) is 26.3 Å². The summed E-state index contributed by atoms with van der Waals surface area (Å²) in [5, 5.41) is 0. The van der Waals surface area contributed by atoms with Crippen molar-refractivity contribution in [2.24, 2.45) is 11.5 Å². The van der Waals surface area contributed by atoms with E-state index in [1.54, 1.807) is 0 Å². The minimum absolute atomic E-state index is 0.407. The van der Waals surface area contributed by atoms with Gasteiger partial charge in [0.25, 0.3) is 0 Å². The van der Waals surface area contributed by atoms with E-state index in [4.69, 9.17) is 11.5 Å². The van der Waals surface area contributed by atoms with Crippen LogP contribution in [0.4, 0.5) is 26.3 Å². The number of halogens is 6. The van der Waals surface area contributed by atoms with E-state index in [1.165, 1.54) is 24.3 Å². The van der Waals surface area contributed by atoms with Crippen molar-refractivity contribution in [3.8, 4) is 11.5 Å². The fraction of sp³-hybridized carbons (Fsp3) is 0.250. The summed E-state index contributed by atoms with van der Waals surface area (Å²) in [7, 11) is 0. The Morgan fingerprint density at radius 1 is 0.577 bits per heavy atom. The molecule has 0 aliphatic carbocycles. The summed E-state index contributed by atoms with van der Waals surface area (Å²) in [6.45, 7) is 0. The Labute approximate surface area is 144 Å². The van der Waals surface area contributed by atoms with Gasteiger partial charge in [0, 0.05) is 12.1 Å². The van der Waals surface area contributed by atoms with Gasteiger partial charge < -0.3 is 20.9 Å². The molecule has 4 N–H and O–H groups in total. The maximum atomic E-state index is 12.1. The highest BCUT2D eigenvalue weighted by molar-refractivity contribution is 5.34. The van der Waals surface area contributed by atoms with E-state index >= 15 is 0 Å². The lowest BCUT2D eigenvalue weighted by atomic mass is 9.95. The van der Waals surface area contributed by atoms with Crippen molar-refractivity contribution < 1.29 is 35.8 Å². The predicted octanol–water partition coefficient (Wildman–Crippen LogP) is 4.18. The quantitative estimate of drug-likeness (QED) is 0.764. The molecule has 0 aliphatic rings. The van der Waals surface area contributed by atoms with E-state index < -0.39 is 36.3 Å². The number of benzene rings is 2. The van der Waals surface area contributed by atoms with Crippen LogP contribution >= 0.6 is 0 Å². The molecule has 2 aromatic rings. The van der Waals surface area contributed by atoms with Gasteiger partial charge in [0.1, 0.15) is 11.5 Å². The lowest BCUT2D eigenvalue weighted by Crippen LogP contribution is -2.26. The molecule has 0 amide bonds. The summed E-state index contributed by atoms with van der Waals surface area (Å²) >= 11 is 0. The van der Waals surface area contributed by atoms with Gasteiger partial charge in [0.15, 0.2) is 0 Å². The molecule has 4 nitrogen and oxygen atoms in total. The molecule has 2 atom stereocenters. The van der Waals surface area contributed by atoms with Crippen LogP contribution < -0.4 is 20.9 Å². The number of nitrogens with two attached hydrogens (primary N) is 2. The molecule has 0 bridgehead atoms. The van der Waals surface area contributed by atoms with Crippen molar-refractivity contribution in [3.63, 3.8) is 0 Å². The Kier molecular flexibility index (Phi) is 5.67. The molecule has 2 aromatic carbocycles. The van der Waals surface area contributed by atoms with Gasteiger partial charge in [-0.1, -0.05) is 24.3 Å². The second-order valence-corrected chi connectivity index (χ2v) is 5.29. The summed E-state index contributed by atoms with van der Waals surface area (Å²) in [5.74, 6) is -0.814. The summed E-state index contributed by atoms with van der Waals surface area (Å²) in [6, 6.07) is 8.07. The summed E-state index contributed by atoms with van der Waals surface area (Å²) in [6.07, 6.45) is -9.61. The monoisotopic (exact) mass is 380 g/mol. The Balaban J connectivity index is 2.07. The Morgan fingerprint density at radius 3 is 1.08 bits per heavy atom. The van der Waals surface area contributed by atoms with Crippen molar-refractivity contribution in [2.45, 2.75) is 24.8 Å². The van der Waals surface area contributed by atoms with Crippen LogP contribution in [-0.2, 0) is 0 Å². The van der Waals surface area contributed by atoms with Crippen molar-refractivity contribution in [2.75, 3.05) is 0 Å². The highest BCUT2D eigenvalue weighted by Crippen LogP contribution is 2.30. The molecular formula is C16H14F6N2O2. The molecule has 0 heterocycles. The van der Waals surface area contributed by atoms with Crippen molar-refractivity contribution in [1.29, 1.82) is 0 Å². The lowest BCUT2D eigenvalue weighted by Gasteiger charge is -2.21. The van der Waals surface area contributed by atoms with Crippen molar-refractivity contribution >= 4 is 0 Å². The van der Waals surface area contributed by atoms with Crippen LogP contribution in [0.2, 0.25) is 0 Å². The van der Waals surface area contributed by atoms with Gasteiger partial charge in [-0.3, -0.25) is 0 Å². The first-order valence-corrected chi connectivity index (χ1v) is 7.17. The van der Waals surface area contributed by atoms with Crippen LogP contribution in [0.3, 0.4) is 0 Å². The third-order valence-corrected chi connectivity index (χ3v) is 3.38. The Bertz CT molecular complexity index is 650. The third-order valence-electron chi connectivity index (χ3n) is 3.38. The third kappa shape index (κ3) is 5.81. The number of alkyl halides is 6. The maximum absolute atomic E-state index is 12.1. The SMILES string of the molecule is NC(c1ccc(OC(F)(F)F)cc1)C(N)c1ccc(OC(F)(F)F)cc1. The number of hydrogen-bond acceptors (Lipinski definition) is 4. The highest BCUT2D eigenvalue weighted by atomic mass is 19.4. The van der Waals surface area contributed by atoms with Gasteiger partial charge in [-0.2, -0.15) is 0 Å². The Hall–Kier alpha value is -2.46. The minimum Gasteiger partial charge on any atom is -0.406 e. The fourth-order valence-corrected chi connectivity index (χ4v) is 2.20. The molecule has 0 aliphatic heterocycles. The largest absolute Gasteiger partial charge is 0.573 e. The molecule has 142 valence electrons.